The third-order valence-electron chi connectivity index (χ3n) is 6.39. The zero-order valence-electron chi connectivity index (χ0n) is 28.9. The molecule has 276 valence electrons. The molecule has 0 unspecified atom stereocenters. The Morgan fingerprint density at radius 1 is 0.468 bits per heavy atom. The van der Waals surface area contributed by atoms with E-state index in [1.165, 1.54) is 0 Å². The van der Waals surface area contributed by atoms with E-state index in [4.69, 9.17) is 9.47 Å². The van der Waals surface area contributed by atoms with Crippen molar-refractivity contribution in [1.82, 2.24) is 42.1 Å². The minimum absolute atomic E-state index is 0.241. The number of nitrogens with one attached hydrogen (secondary N) is 7. The fourth-order valence-corrected chi connectivity index (χ4v) is 4.38. The van der Waals surface area contributed by atoms with Crippen LogP contribution in [0.25, 0.3) is 0 Å². The monoisotopic (exact) mass is 740 g/mol. The van der Waals surface area contributed by atoms with Gasteiger partial charge in [-0.25, -0.2) is 9.59 Å². The van der Waals surface area contributed by atoms with Crippen LogP contribution >= 0.6 is 15.9 Å². The van der Waals surface area contributed by atoms with Gasteiger partial charge < -0.3 is 56.2 Å². The van der Waals surface area contributed by atoms with E-state index in [1.807, 2.05) is 4.90 Å². The second-order valence-corrected chi connectivity index (χ2v) is 11.0. The summed E-state index contributed by atoms with van der Waals surface area (Å²) in [7, 11) is 0. The van der Waals surface area contributed by atoms with Gasteiger partial charge in [0, 0.05) is 105 Å². The van der Waals surface area contributed by atoms with E-state index in [2.05, 4.69) is 62.6 Å². The highest BCUT2D eigenvalue weighted by Gasteiger charge is 2.35. The first-order valence-electron chi connectivity index (χ1n) is 16.8. The van der Waals surface area contributed by atoms with E-state index < -0.39 is 34.7 Å². The first-order chi connectivity index (χ1) is 22.8. The molecule has 2 fully saturated rings. The highest BCUT2D eigenvalue weighted by molar-refractivity contribution is 9.10. The van der Waals surface area contributed by atoms with Crippen molar-refractivity contribution < 1.29 is 38.1 Å². The molecular weight excluding hydrogens is 680 g/mol. The summed E-state index contributed by atoms with van der Waals surface area (Å²) in [5, 5.41) is 23.4. The van der Waals surface area contributed by atoms with Gasteiger partial charge in [0.1, 0.15) is 0 Å². The molecule has 2 aliphatic rings. The van der Waals surface area contributed by atoms with Gasteiger partial charge in [-0.1, -0.05) is 15.9 Å². The molecule has 0 radical (unpaired) electrons. The molecule has 0 aromatic carbocycles. The quantitative estimate of drug-likeness (QED) is 0.0583. The van der Waals surface area contributed by atoms with Crippen molar-refractivity contribution in [3.63, 3.8) is 0 Å². The number of hydrogen-bond acceptors (Lipinski definition) is 16. The average Bonchev–Trinajstić information content (AvgIpc) is 3.03. The molecular formula is C30H61BrN8O8. The predicted molar refractivity (Wildman–Crippen MR) is 185 cm³/mol. The molecule has 0 aliphatic carbocycles. The molecule has 2 aliphatic heterocycles. The fourth-order valence-electron chi connectivity index (χ4n) is 4.11. The lowest BCUT2D eigenvalue weighted by atomic mass is 10.2. The number of halogens is 1. The summed E-state index contributed by atoms with van der Waals surface area (Å²) in [4.78, 5) is 47.0. The van der Waals surface area contributed by atoms with Crippen LogP contribution in [-0.2, 0) is 38.1 Å². The Bertz CT molecular complexity index is 727. The van der Waals surface area contributed by atoms with E-state index in [0.717, 1.165) is 78.5 Å². The topological polar surface area (TPSA) is 193 Å². The number of esters is 4. The van der Waals surface area contributed by atoms with Crippen LogP contribution in [0.5, 0.6) is 0 Å². The normalized spacial score (nSPS) is 17.8. The number of nitrogens with zero attached hydrogens (tertiary/aromatic N) is 1. The van der Waals surface area contributed by atoms with Gasteiger partial charge in [0.25, 0.3) is 0 Å². The first-order valence-corrected chi connectivity index (χ1v) is 17.7. The minimum Gasteiger partial charge on any atom is -0.465 e. The lowest BCUT2D eigenvalue weighted by Crippen LogP contribution is -2.53. The largest absolute Gasteiger partial charge is 0.465 e. The summed E-state index contributed by atoms with van der Waals surface area (Å²) in [5.41, 5.74) is 0. The van der Waals surface area contributed by atoms with Crippen LogP contribution in [0, 0.1) is 0 Å². The lowest BCUT2D eigenvalue weighted by Gasteiger charge is -2.29. The average molecular weight is 742 g/mol. The number of carbonyl (C=O) groups is 4. The molecule has 7 N–H and O–H groups in total. The number of carbonyl (C=O) groups excluding carboxylic acids is 4. The summed E-state index contributed by atoms with van der Waals surface area (Å²) in [6.07, 6.45) is 0. The summed E-state index contributed by atoms with van der Waals surface area (Å²) in [6.45, 7) is 22.3. The maximum atomic E-state index is 12.2. The molecule has 0 atom stereocenters. The number of rotatable bonds is 9. The van der Waals surface area contributed by atoms with Crippen molar-refractivity contribution in [1.29, 1.82) is 0 Å². The van der Waals surface area contributed by atoms with Gasteiger partial charge in [0.05, 0.1) is 26.4 Å². The zero-order valence-corrected chi connectivity index (χ0v) is 30.5. The van der Waals surface area contributed by atoms with Gasteiger partial charge in [0.15, 0.2) is 0 Å². The molecule has 0 aromatic rings. The van der Waals surface area contributed by atoms with E-state index in [9.17, 15) is 19.2 Å². The van der Waals surface area contributed by atoms with E-state index >= 15 is 0 Å². The molecule has 2 heterocycles. The van der Waals surface area contributed by atoms with Crippen LogP contribution in [0.4, 0.5) is 0 Å². The fraction of sp³-hybridized carbons (Fsp3) is 0.867. The standard InChI is InChI=1S/C15H30N4O4.C8H20N4.C7H11BrO4/c1-3-22-14(20)13(15(21)23-4-2)19-11-9-17-7-5-16-6-8-18-10-12-19;1-2-10-5-6-12-8-7-11-4-3-9-1;1-3-11-6(9)5(8)7(10)12-4-2/h13,16-18H,3-12H2,1-2H3;9-12H,1-8H2;5H,3-4H2,1-2H3. The maximum Gasteiger partial charge on any atom is 0.335 e. The van der Waals surface area contributed by atoms with Crippen molar-refractivity contribution in [2.24, 2.45) is 0 Å². The third-order valence-corrected chi connectivity index (χ3v) is 7.14. The summed E-state index contributed by atoms with van der Waals surface area (Å²) >= 11 is 2.86. The van der Waals surface area contributed by atoms with Gasteiger partial charge in [-0.3, -0.25) is 14.5 Å². The molecule has 0 spiro atoms. The van der Waals surface area contributed by atoms with Gasteiger partial charge in [-0.2, -0.15) is 0 Å². The van der Waals surface area contributed by atoms with Crippen LogP contribution in [0.3, 0.4) is 0 Å². The van der Waals surface area contributed by atoms with Crippen molar-refractivity contribution in [3.05, 3.63) is 0 Å². The number of alkyl halides is 1. The van der Waals surface area contributed by atoms with E-state index in [1.54, 1.807) is 27.7 Å². The summed E-state index contributed by atoms with van der Waals surface area (Å²) < 4.78 is 19.3. The Hall–Kier alpha value is -1.96. The molecule has 47 heavy (non-hydrogen) atoms. The van der Waals surface area contributed by atoms with E-state index in [-0.39, 0.29) is 26.4 Å². The zero-order chi connectivity index (χ0) is 35.0. The molecule has 0 aromatic heterocycles. The van der Waals surface area contributed by atoms with Gasteiger partial charge >= 0.3 is 23.9 Å². The molecule has 16 nitrogen and oxygen atoms in total. The van der Waals surface area contributed by atoms with Crippen molar-refractivity contribution in [2.75, 3.05) is 131 Å². The predicted octanol–water partition coefficient (Wildman–Crippen LogP) is -2.20. The molecule has 2 saturated heterocycles. The second-order valence-electron chi connectivity index (χ2n) is 10.1. The summed E-state index contributed by atoms with van der Waals surface area (Å²) in [6, 6.07) is -1.00. The maximum absolute atomic E-state index is 12.2. The molecule has 0 saturated carbocycles. The van der Waals surface area contributed by atoms with Gasteiger partial charge in [0.2, 0.25) is 10.9 Å². The Morgan fingerprint density at radius 3 is 0.957 bits per heavy atom. The Morgan fingerprint density at radius 2 is 0.702 bits per heavy atom. The van der Waals surface area contributed by atoms with Crippen LogP contribution in [0.15, 0.2) is 0 Å². The van der Waals surface area contributed by atoms with Crippen molar-refractivity contribution in [2.45, 2.75) is 38.6 Å². The Balaban J connectivity index is 0.000000743. The van der Waals surface area contributed by atoms with Crippen LogP contribution in [-0.4, -0.2) is 171 Å². The highest BCUT2D eigenvalue weighted by Crippen LogP contribution is 2.06. The molecule has 0 bridgehead atoms. The highest BCUT2D eigenvalue weighted by atomic mass is 79.9. The van der Waals surface area contributed by atoms with E-state index in [0.29, 0.717) is 26.2 Å². The van der Waals surface area contributed by atoms with Crippen LogP contribution < -0.4 is 37.2 Å². The van der Waals surface area contributed by atoms with Gasteiger partial charge in [-0.15, -0.1) is 0 Å². The molecule has 17 heteroatoms. The molecule has 0 amide bonds. The second kappa shape index (κ2) is 32.6. The van der Waals surface area contributed by atoms with Crippen LogP contribution in [0.2, 0.25) is 0 Å². The van der Waals surface area contributed by atoms with Crippen LogP contribution in [0.1, 0.15) is 27.7 Å². The number of hydrogen-bond donors (Lipinski definition) is 7. The minimum atomic E-state index is -1.00. The smallest absolute Gasteiger partial charge is 0.335 e. The number of ether oxygens (including phenoxy) is 4. The molecule has 2 rings (SSSR count). The third kappa shape index (κ3) is 24.8. The SMILES string of the molecule is C1CNCCNCCNCCN1.CCOC(=O)C(Br)C(=O)OCC.CCOC(=O)C(C(=O)OCC)N1CCNCCNCCNCC1. The Labute approximate surface area is 289 Å². The van der Waals surface area contributed by atoms with Crippen molar-refractivity contribution in [3.8, 4) is 0 Å². The van der Waals surface area contributed by atoms with Gasteiger partial charge in [-0.05, 0) is 27.7 Å². The van der Waals surface area contributed by atoms with Crippen molar-refractivity contribution >= 4 is 39.8 Å². The first kappa shape index (κ1) is 45.0. The summed E-state index contributed by atoms with van der Waals surface area (Å²) in [5.74, 6) is -2.31. The Kier molecular flexibility index (Phi) is 31.2. The lowest BCUT2D eigenvalue weighted by molar-refractivity contribution is -0.163.